The molecule has 0 saturated heterocycles. The van der Waals surface area contributed by atoms with Crippen molar-refractivity contribution in [3.05, 3.63) is 77.3 Å². The molecule has 0 atom stereocenters. The van der Waals surface area contributed by atoms with Crippen molar-refractivity contribution >= 4 is 17.5 Å². The summed E-state index contributed by atoms with van der Waals surface area (Å²) in [6.07, 6.45) is 5.29. The maximum Gasteiger partial charge on any atom is 0.0894 e. The van der Waals surface area contributed by atoms with E-state index >= 15 is 0 Å². The normalized spacial score (nSPS) is 12.6. The summed E-state index contributed by atoms with van der Waals surface area (Å²) in [5, 5.41) is 3.47. The fraction of sp³-hybridized carbons (Fsp3) is 0.200. The Morgan fingerprint density at radius 2 is 1.96 bits per heavy atom. The first kappa shape index (κ1) is 17.5. The summed E-state index contributed by atoms with van der Waals surface area (Å²) in [5.41, 5.74) is 11.6. The predicted octanol–water partition coefficient (Wildman–Crippen LogP) is 3.54. The fourth-order valence-corrected chi connectivity index (χ4v) is 2.41. The van der Waals surface area contributed by atoms with Gasteiger partial charge in [-0.25, -0.2) is 4.98 Å². The van der Waals surface area contributed by atoms with E-state index in [1.54, 1.807) is 13.3 Å². The molecule has 0 aliphatic heterocycles. The number of allylic oxidation sites excluding steroid dienone is 2. The van der Waals surface area contributed by atoms with Gasteiger partial charge in [-0.2, -0.15) is 0 Å². The number of benzene rings is 1. The van der Waals surface area contributed by atoms with Crippen LogP contribution in [0.15, 0.2) is 59.7 Å². The van der Waals surface area contributed by atoms with E-state index in [0.717, 1.165) is 34.8 Å². The smallest absolute Gasteiger partial charge is 0.0894 e. The van der Waals surface area contributed by atoms with Gasteiger partial charge in [0.25, 0.3) is 0 Å². The molecule has 1 aromatic carbocycles. The zero-order valence-corrected chi connectivity index (χ0v) is 14.5. The van der Waals surface area contributed by atoms with Crippen molar-refractivity contribution < 1.29 is 0 Å². The van der Waals surface area contributed by atoms with Crippen LogP contribution in [0.2, 0.25) is 0 Å². The minimum atomic E-state index is 0.752. The first-order valence-electron chi connectivity index (χ1n) is 7.96. The lowest BCUT2D eigenvalue weighted by molar-refractivity contribution is 0.878. The number of aryl methyl sites for hydroxylation is 1. The van der Waals surface area contributed by atoms with Crippen molar-refractivity contribution in [2.24, 2.45) is 10.7 Å². The van der Waals surface area contributed by atoms with Crippen LogP contribution in [0.25, 0.3) is 11.3 Å². The van der Waals surface area contributed by atoms with Gasteiger partial charge in [-0.05, 0) is 31.0 Å². The standard InChI is InChI=1S/C20H24N4/c1-4-18(23-13-16-8-6-5-7-9-16)20-15(2)10-11-19(24-20)17(12-21)14-22-3/h4-12,14,23H,13,21H2,1-3H3/b17-12+,18-4+,22-14?. The van der Waals surface area contributed by atoms with E-state index < -0.39 is 0 Å². The van der Waals surface area contributed by atoms with Gasteiger partial charge in [-0.1, -0.05) is 42.5 Å². The van der Waals surface area contributed by atoms with Crippen LogP contribution in [0, 0.1) is 6.92 Å². The second-order valence-corrected chi connectivity index (χ2v) is 5.41. The number of rotatable bonds is 6. The highest BCUT2D eigenvalue weighted by Crippen LogP contribution is 2.19. The monoisotopic (exact) mass is 320 g/mol. The highest BCUT2D eigenvalue weighted by molar-refractivity contribution is 6.08. The number of hydrogen-bond donors (Lipinski definition) is 2. The second kappa shape index (κ2) is 8.67. The summed E-state index contributed by atoms with van der Waals surface area (Å²) in [4.78, 5) is 8.81. The lowest BCUT2D eigenvalue weighted by atomic mass is 10.1. The van der Waals surface area contributed by atoms with Crippen LogP contribution >= 0.6 is 0 Å². The van der Waals surface area contributed by atoms with Crippen molar-refractivity contribution in [3.63, 3.8) is 0 Å². The molecular formula is C20H24N4. The largest absolute Gasteiger partial charge is 0.404 e. The van der Waals surface area contributed by atoms with Crippen LogP contribution < -0.4 is 11.1 Å². The SMILES string of the molecule is C/C=C(/NCc1ccccc1)c1nc(/C(C=NC)=C/N)ccc1C. The third-order valence-electron chi connectivity index (χ3n) is 3.71. The van der Waals surface area contributed by atoms with Gasteiger partial charge in [0.1, 0.15) is 0 Å². The van der Waals surface area contributed by atoms with Crippen molar-refractivity contribution in [2.45, 2.75) is 20.4 Å². The molecule has 0 bridgehead atoms. The summed E-state index contributed by atoms with van der Waals surface area (Å²) in [7, 11) is 1.72. The van der Waals surface area contributed by atoms with Crippen molar-refractivity contribution in [2.75, 3.05) is 7.05 Å². The van der Waals surface area contributed by atoms with Gasteiger partial charge in [0.05, 0.1) is 17.1 Å². The Balaban J connectivity index is 2.28. The average Bonchev–Trinajstić information content (AvgIpc) is 2.62. The Kier molecular flexibility index (Phi) is 6.32. The number of pyridine rings is 1. The first-order chi connectivity index (χ1) is 11.7. The van der Waals surface area contributed by atoms with Gasteiger partial charge in [0.15, 0.2) is 0 Å². The minimum absolute atomic E-state index is 0.752. The Morgan fingerprint density at radius 3 is 2.58 bits per heavy atom. The molecule has 0 fully saturated rings. The van der Waals surface area contributed by atoms with Gasteiger partial charge in [-0.15, -0.1) is 0 Å². The van der Waals surface area contributed by atoms with Crippen LogP contribution in [0.4, 0.5) is 0 Å². The number of hydrogen-bond acceptors (Lipinski definition) is 4. The summed E-state index contributed by atoms with van der Waals surface area (Å²) >= 11 is 0. The number of nitrogens with two attached hydrogens (primary N) is 1. The minimum Gasteiger partial charge on any atom is -0.404 e. The van der Waals surface area contributed by atoms with E-state index in [2.05, 4.69) is 35.4 Å². The van der Waals surface area contributed by atoms with Crippen molar-refractivity contribution in [3.8, 4) is 0 Å². The lowest BCUT2D eigenvalue weighted by Gasteiger charge is -2.14. The van der Waals surface area contributed by atoms with Crippen LogP contribution in [0.5, 0.6) is 0 Å². The van der Waals surface area contributed by atoms with Crippen LogP contribution in [-0.2, 0) is 6.54 Å². The molecule has 2 aromatic rings. The number of nitrogens with zero attached hydrogens (tertiary/aromatic N) is 2. The van der Waals surface area contributed by atoms with Gasteiger partial charge in [0.2, 0.25) is 0 Å². The molecular weight excluding hydrogens is 296 g/mol. The lowest BCUT2D eigenvalue weighted by Crippen LogP contribution is -2.14. The topological polar surface area (TPSA) is 63.3 Å². The maximum atomic E-state index is 5.70. The second-order valence-electron chi connectivity index (χ2n) is 5.41. The van der Waals surface area contributed by atoms with Crippen LogP contribution in [0.3, 0.4) is 0 Å². The zero-order chi connectivity index (χ0) is 17.4. The molecule has 4 nitrogen and oxygen atoms in total. The Labute approximate surface area is 143 Å². The summed E-state index contributed by atoms with van der Waals surface area (Å²) < 4.78 is 0. The number of nitrogens with one attached hydrogen (secondary N) is 1. The third kappa shape index (κ3) is 4.32. The molecule has 0 aliphatic carbocycles. The van der Waals surface area contributed by atoms with Crippen molar-refractivity contribution in [1.29, 1.82) is 0 Å². The molecule has 1 heterocycles. The number of aromatic nitrogens is 1. The van der Waals surface area contributed by atoms with E-state index in [1.165, 1.54) is 11.8 Å². The molecule has 2 rings (SSSR count). The average molecular weight is 320 g/mol. The molecule has 24 heavy (non-hydrogen) atoms. The van der Waals surface area contributed by atoms with Gasteiger partial charge < -0.3 is 11.1 Å². The summed E-state index contributed by atoms with van der Waals surface area (Å²) in [6, 6.07) is 14.3. The Bertz CT molecular complexity index is 758. The van der Waals surface area contributed by atoms with Gasteiger partial charge >= 0.3 is 0 Å². The van der Waals surface area contributed by atoms with Crippen LogP contribution in [-0.4, -0.2) is 18.2 Å². The third-order valence-corrected chi connectivity index (χ3v) is 3.71. The highest BCUT2D eigenvalue weighted by Gasteiger charge is 2.09. The van der Waals surface area contributed by atoms with Gasteiger partial charge in [0, 0.05) is 31.6 Å². The molecule has 0 spiro atoms. The molecule has 124 valence electrons. The Hall–Kier alpha value is -2.88. The summed E-state index contributed by atoms with van der Waals surface area (Å²) in [5.74, 6) is 0. The molecule has 0 radical (unpaired) electrons. The van der Waals surface area contributed by atoms with E-state index in [1.807, 2.05) is 37.3 Å². The van der Waals surface area contributed by atoms with Gasteiger partial charge in [-0.3, -0.25) is 4.99 Å². The number of aliphatic imine (C=N–C) groups is 1. The molecule has 0 aliphatic rings. The van der Waals surface area contributed by atoms with Crippen molar-refractivity contribution in [1.82, 2.24) is 10.3 Å². The molecule has 0 amide bonds. The van der Waals surface area contributed by atoms with E-state index in [0.29, 0.717) is 0 Å². The molecule has 3 N–H and O–H groups in total. The van der Waals surface area contributed by atoms with Crippen LogP contribution in [0.1, 0.15) is 29.4 Å². The molecule has 0 saturated carbocycles. The molecule has 4 heteroatoms. The molecule has 0 unspecified atom stereocenters. The van der Waals surface area contributed by atoms with E-state index in [9.17, 15) is 0 Å². The zero-order valence-electron chi connectivity index (χ0n) is 14.5. The van der Waals surface area contributed by atoms with E-state index in [-0.39, 0.29) is 0 Å². The predicted molar refractivity (Wildman–Crippen MR) is 102 cm³/mol. The fourth-order valence-electron chi connectivity index (χ4n) is 2.41. The highest BCUT2D eigenvalue weighted by atomic mass is 14.9. The maximum absolute atomic E-state index is 5.70. The first-order valence-corrected chi connectivity index (χ1v) is 7.96. The quantitative estimate of drug-likeness (QED) is 0.800. The van der Waals surface area contributed by atoms with E-state index in [4.69, 9.17) is 10.7 Å². The summed E-state index contributed by atoms with van der Waals surface area (Å²) in [6.45, 7) is 4.82. The Morgan fingerprint density at radius 1 is 1.21 bits per heavy atom. The molecule has 1 aromatic heterocycles.